The molecule has 5 rings (SSSR count). The van der Waals surface area contributed by atoms with Crippen molar-refractivity contribution in [1.82, 2.24) is 14.8 Å². The number of ether oxygens (including phenoxy) is 1. The van der Waals surface area contributed by atoms with Crippen molar-refractivity contribution in [3.63, 3.8) is 0 Å². The molecule has 0 radical (unpaired) electrons. The van der Waals surface area contributed by atoms with E-state index in [0.29, 0.717) is 50.1 Å². The number of amides is 1. The molecule has 1 unspecified atom stereocenters. The summed E-state index contributed by atoms with van der Waals surface area (Å²) < 4.78 is 7.09. The predicted octanol–water partition coefficient (Wildman–Crippen LogP) is 6.50. The standard InChI is InChI=1S/C27H23Cl2N5O2/c1-15-11-13-17(14-12-15)25-32-27-30-16(2)22(26(35)31-20-9-4-5-10-21(20)36-3)24(34(27)33-25)18-7-6-8-19(28)23(18)29/h4-14,24H,1-3H3,(H,31,35)(H,30,32,33). The molecule has 0 spiro atoms. The molecular weight excluding hydrogens is 497 g/mol. The maximum absolute atomic E-state index is 13.7. The Morgan fingerprint density at radius 2 is 1.78 bits per heavy atom. The molecule has 4 aromatic rings. The second-order valence-corrected chi connectivity index (χ2v) is 9.22. The SMILES string of the molecule is COc1ccccc1NC(=O)C1=C(C)Nc2nc(-c3ccc(C)cc3)nn2C1c1cccc(Cl)c1Cl. The number of anilines is 2. The van der Waals surface area contributed by atoms with Gasteiger partial charge in [0.1, 0.15) is 11.8 Å². The van der Waals surface area contributed by atoms with Crippen LogP contribution in [0.5, 0.6) is 5.75 Å². The van der Waals surface area contributed by atoms with Crippen LogP contribution in [0.25, 0.3) is 11.4 Å². The number of halogens is 2. The van der Waals surface area contributed by atoms with E-state index in [-0.39, 0.29) is 5.91 Å². The van der Waals surface area contributed by atoms with Crippen molar-refractivity contribution in [2.24, 2.45) is 0 Å². The van der Waals surface area contributed by atoms with E-state index in [1.165, 1.54) is 0 Å². The summed E-state index contributed by atoms with van der Waals surface area (Å²) in [4.78, 5) is 18.5. The van der Waals surface area contributed by atoms with Gasteiger partial charge in [-0.1, -0.05) is 77.3 Å². The molecule has 9 heteroatoms. The number of nitrogens with zero attached hydrogens (tertiary/aromatic N) is 3. The molecule has 2 N–H and O–H groups in total. The minimum absolute atomic E-state index is 0.330. The van der Waals surface area contributed by atoms with Gasteiger partial charge in [-0.3, -0.25) is 4.79 Å². The highest BCUT2D eigenvalue weighted by atomic mass is 35.5. The number of para-hydroxylation sites is 2. The van der Waals surface area contributed by atoms with Crippen LogP contribution < -0.4 is 15.4 Å². The van der Waals surface area contributed by atoms with Crippen LogP contribution in [-0.2, 0) is 4.79 Å². The van der Waals surface area contributed by atoms with Crippen LogP contribution >= 0.6 is 23.2 Å². The minimum atomic E-state index is -0.672. The summed E-state index contributed by atoms with van der Waals surface area (Å²) >= 11 is 13.1. The Morgan fingerprint density at radius 3 is 2.53 bits per heavy atom. The molecule has 2 heterocycles. The molecule has 1 atom stereocenters. The van der Waals surface area contributed by atoms with Gasteiger partial charge in [-0.25, -0.2) is 4.68 Å². The maximum Gasteiger partial charge on any atom is 0.255 e. The van der Waals surface area contributed by atoms with Gasteiger partial charge in [-0.2, -0.15) is 4.98 Å². The smallest absolute Gasteiger partial charge is 0.255 e. The number of aromatic nitrogens is 3. The van der Waals surface area contributed by atoms with E-state index in [2.05, 4.69) is 10.6 Å². The first-order valence-corrected chi connectivity index (χ1v) is 12.0. The fourth-order valence-corrected chi connectivity index (χ4v) is 4.64. The van der Waals surface area contributed by atoms with Crippen molar-refractivity contribution >= 4 is 40.7 Å². The van der Waals surface area contributed by atoms with Crippen LogP contribution in [0.15, 0.2) is 78.0 Å². The van der Waals surface area contributed by atoms with Crippen LogP contribution in [0, 0.1) is 6.92 Å². The molecule has 1 amide bonds. The number of aryl methyl sites for hydroxylation is 1. The zero-order valence-corrected chi connectivity index (χ0v) is 21.4. The lowest BCUT2D eigenvalue weighted by atomic mass is 9.95. The summed E-state index contributed by atoms with van der Waals surface area (Å²) in [5, 5.41) is 11.7. The number of hydrogen-bond acceptors (Lipinski definition) is 5. The molecule has 3 aromatic carbocycles. The third-order valence-corrected chi connectivity index (χ3v) is 6.87. The first-order chi connectivity index (χ1) is 17.4. The van der Waals surface area contributed by atoms with Crippen LogP contribution in [0.1, 0.15) is 24.1 Å². The molecule has 1 aliphatic rings. The topological polar surface area (TPSA) is 81.1 Å². The van der Waals surface area contributed by atoms with Crippen molar-refractivity contribution in [2.45, 2.75) is 19.9 Å². The molecule has 0 bridgehead atoms. The second kappa shape index (κ2) is 9.68. The Bertz CT molecular complexity index is 1490. The monoisotopic (exact) mass is 519 g/mol. The third-order valence-electron chi connectivity index (χ3n) is 6.04. The minimum Gasteiger partial charge on any atom is -0.495 e. The summed E-state index contributed by atoms with van der Waals surface area (Å²) in [5.74, 6) is 1.25. The molecule has 1 aromatic heterocycles. The van der Waals surface area contributed by atoms with E-state index in [4.69, 9.17) is 38.0 Å². The first-order valence-electron chi connectivity index (χ1n) is 11.3. The number of carbonyl (C=O) groups excluding carboxylic acids is 1. The highest BCUT2D eigenvalue weighted by Gasteiger charge is 2.36. The zero-order chi connectivity index (χ0) is 25.4. The lowest BCUT2D eigenvalue weighted by Crippen LogP contribution is -2.31. The maximum atomic E-state index is 13.7. The molecule has 0 saturated carbocycles. The average Bonchev–Trinajstić information content (AvgIpc) is 3.29. The molecule has 0 saturated heterocycles. The zero-order valence-electron chi connectivity index (χ0n) is 19.8. The predicted molar refractivity (Wildman–Crippen MR) is 143 cm³/mol. The van der Waals surface area contributed by atoms with Gasteiger partial charge in [-0.05, 0) is 32.0 Å². The van der Waals surface area contributed by atoms with E-state index >= 15 is 0 Å². The Kier molecular flexibility index (Phi) is 6.43. The Balaban J connectivity index is 1.63. The van der Waals surface area contributed by atoms with Gasteiger partial charge < -0.3 is 15.4 Å². The molecule has 1 aliphatic heterocycles. The molecule has 182 valence electrons. The van der Waals surface area contributed by atoms with Crippen molar-refractivity contribution < 1.29 is 9.53 Å². The summed E-state index contributed by atoms with van der Waals surface area (Å²) in [6.45, 7) is 3.85. The Hall–Kier alpha value is -3.81. The number of rotatable bonds is 5. The number of fused-ring (bicyclic) bond motifs is 1. The van der Waals surface area contributed by atoms with Gasteiger partial charge in [-0.15, -0.1) is 5.10 Å². The number of allylic oxidation sites excluding steroid dienone is 1. The number of methoxy groups -OCH3 is 1. The van der Waals surface area contributed by atoms with Gasteiger partial charge in [0.25, 0.3) is 5.91 Å². The van der Waals surface area contributed by atoms with E-state index in [1.54, 1.807) is 36.1 Å². The fraction of sp³-hybridized carbons (Fsp3) is 0.148. The average molecular weight is 520 g/mol. The molecule has 7 nitrogen and oxygen atoms in total. The fourth-order valence-electron chi connectivity index (χ4n) is 4.23. The molecule has 0 aliphatic carbocycles. The molecule has 36 heavy (non-hydrogen) atoms. The lowest BCUT2D eigenvalue weighted by Gasteiger charge is -2.29. The molecular formula is C27H23Cl2N5O2. The normalized spacial score (nSPS) is 14.8. The van der Waals surface area contributed by atoms with Crippen LogP contribution in [-0.4, -0.2) is 27.8 Å². The number of benzene rings is 3. The van der Waals surface area contributed by atoms with Gasteiger partial charge in [0, 0.05) is 16.8 Å². The summed E-state index contributed by atoms with van der Waals surface area (Å²) in [6, 6.07) is 19.8. The van der Waals surface area contributed by atoms with E-state index in [9.17, 15) is 4.79 Å². The first kappa shape index (κ1) is 23.9. The van der Waals surface area contributed by atoms with Gasteiger partial charge in [0.05, 0.1) is 28.4 Å². The van der Waals surface area contributed by atoms with Crippen LogP contribution in [0.2, 0.25) is 10.0 Å². The second-order valence-electron chi connectivity index (χ2n) is 8.43. The summed E-state index contributed by atoms with van der Waals surface area (Å²) in [7, 11) is 1.56. The van der Waals surface area contributed by atoms with Crippen LogP contribution in [0.3, 0.4) is 0 Å². The highest BCUT2D eigenvalue weighted by molar-refractivity contribution is 6.42. The van der Waals surface area contributed by atoms with Crippen molar-refractivity contribution in [2.75, 3.05) is 17.7 Å². The van der Waals surface area contributed by atoms with E-state index < -0.39 is 6.04 Å². The van der Waals surface area contributed by atoms with Gasteiger partial charge >= 0.3 is 0 Å². The van der Waals surface area contributed by atoms with Crippen molar-refractivity contribution in [3.05, 3.63) is 99.2 Å². The van der Waals surface area contributed by atoms with Crippen molar-refractivity contribution in [3.8, 4) is 17.1 Å². The quantitative estimate of drug-likeness (QED) is 0.314. The number of carbonyl (C=O) groups is 1. The number of hydrogen-bond donors (Lipinski definition) is 2. The lowest BCUT2D eigenvalue weighted by molar-refractivity contribution is -0.113. The van der Waals surface area contributed by atoms with Gasteiger partial charge in [0.2, 0.25) is 5.95 Å². The summed E-state index contributed by atoms with van der Waals surface area (Å²) in [6.07, 6.45) is 0. The van der Waals surface area contributed by atoms with E-state index in [0.717, 1.165) is 11.1 Å². The Morgan fingerprint density at radius 1 is 1.03 bits per heavy atom. The van der Waals surface area contributed by atoms with E-state index in [1.807, 2.05) is 56.3 Å². The summed E-state index contributed by atoms with van der Waals surface area (Å²) in [5.41, 5.74) is 4.23. The van der Waals surface area contributed by atoms with Crippen molar-refractivity contribution in [1.29, 1.82) is 0 Å². The third kappa shape index (κ3) is 4.32. The highest BCUT2D eigenvalue weighted by Crippen LogP contribution is 2.41. The van der Waals surface area contributed by atoms with Crippen LogP contribution in [0.4, 0.5) is 11.6 Å². The molecule has 0 fully saturated rings. The number of nitrogens with one attached hydrogen (secondary N) is 2. The largest absolute Gasteiger partial charge is 0.495 e. The van der Waals surface area contributed by atoms with Gasteiger partial charge in [0.15, 0.2) is 5.82 Å². The Labute approximate surface area is 218 Å².